The van der Waals surface area contributed by atoms with Crippen LogP contribution in [0.4, 0.5) is 11.4 Å². The van der Waals surface area contributed by atoms with E-state index in [1.807, 2.05) is 65.6 Å². The maximum atomic E-state index is 12.7. The largest absolute Gasteiger partial charge is 0.322 e. The highest BCUT2D eigenvalue weighted by Gasteiger charge is 2.35. The Kier molecular flexibility index (Phi) is 4.12. The van der Waals surface area contributed by atoms with Crippen molar-refractivity contribution >= 4 is 34.0 Å². The van der Waals surface area contributed by atoms with Gasteiger partial charge in [-0.2, -0.15) is 0 Å². The molecular formula is C24H22N2O2. The molecule has 28 heavy (non-hydrogen) atoms. The van der Waals surface area contributed by atoms with Crippen LogP contribution in [0.25, 0.3) is 10.8 Å². The fourth-order valence-corrected chi connectivity index (χ4v) is 3.99. The summed E-state index contributed by atoms with van der Waals surface area (Å²) in [5.41, 5.74) is 3.56. The molecule has 5 rings (SSSR count). The van der Waals surface area contributed by atoms with Crippen molar-refractivity contribution in [3.63, 3.8) is 0 Å². The Balaban J connectivity index is 1.37. The Morgan fingerprint density at radius 1 is 0.929 bits per heavy atom. The Morgan fingerprint density at radius 3 is 2.57 bits per heavy atom. The number of nitrogens with zero attached hydrogens (tertiary/aromatic N) is 1. The fourth-order valence-electron chi connectivity index (χ4n) is 3.99. The summed E-state index contributed by atoms with van der Waals surface area (Å²) in [6.45, 7) is 0.797. The molecule has 1 N–H and O–H groups in total. The minimum absolute atomic E-state index is 0.118. The average Bonchev–Trinajstić information content (AvgIpc) is 3.57. The van der Waals surface area contributed by atoms with E-state index >= 15 is 0 Å². The lowest BCUT2D eigenvalue weighted by atomic mass is 10.00. The third-order valence-electron chi connectivity index (χ3n) is 5.66. The summed E-state index contributed by atoms with van der Waals surface area (Å²) in [5, 5.41) is 5.18. The van der Waals surface area contributed by atoms with Crippen LogP contribution in [0.1, 0.15) is 35.2 Å². The topological polar surface area (TPSA) is 49.4 Å². The van der Waals surface area contributed by atoms with Crippen LogP contribution < -0.4 is 10.2 Å². The average molecular weight is 370 g/mol. The summed E-state index contributed by atoms with van der Waals surface area (Å²) in [4.78, 5) is 27.2. The van der Waals surface area contributed by atoms with Gasteiger partial charge in [0.2, 0.25) is 5.91 Å². The van der Waals surface area contributed by atoms with E-state index in [1.165, 1.54) is 0 Å². The number of hydrogen-bond acceptors (Lipinski definition) is 2. The van der Waals surface area contributed by atoms with Crippen LogP contribution in [0.15, 0.2) is 60.7 Å². The van der Waals surface area contributed by atoms with E-state index in [1.54, 1.807) is 0 Å². The van der Waals surface area contributed by atoms with Crippen LogP contribution in [0, 0.1) is 5.92 Å². The number of amides is 2. The predicted molar refractivity (Wildman–Crippen MR) is 112 cm³/mol. The van der Waals surface area contributed by atoms with Crippen molar-refractivity contribution in [2.45, 2.75) is 25.7 Å². The number of aryl methyl sites for hydroxylation is 1. The molecule has 3 aromatic carbocycles. The maximum Gasteiger partial charge on any atom is 0.255 e. The summed E-state index contributed by atoms with van der Waals surface area (Å²) >= 11 is 0. The fraction of sp³-hybridized carbons (Fsp3) is 0.250. The highest BCUT2D eigenvalue weighted by Crippen LogP contribution is 2.36. The molecule has 1 saturated carbocycles. The predicted octanol–water partition coefficient (Wildman–Crippen LogP) is 4.78. The molecule has 0 unspecified atom stereocenters. The summed E-state index contributed by atoms with van der Waals surface area (Å²) < 4.78 is 0. The van der Waals surface area contributed by atoms with E-state index in [4.69, 9.17) is 0 Å². The van der Waals surface area contributed by atoms with E-state index in [9.17, 15) is 9.59 Å². The number of benzene rings is 3. The molecule has 2 amide bonds. The number of anilines is 2. The summed E-state index contributed by atoms with van der Waals surface area (Å²) in [5.74, 6) is 0.361. The first-order valence-corrected chi connectivity index (χ1v) is 9.93. The third-order valence-corrected chi connectivity index (χ3v) is 5.66. The Labute approximate surface area is 164 Å². The van der Waals surface area contributed by atoms with Crippen molar-refractivity contribution in [2.24, 2.45) is 5.92 Å². The Bertz CT molecular complexity index is 1080. The second-order valence-electron chi connectivity index (χ2n) is 7.73. The molecule has 0 aromatic heterocycles. The highest BCUT2D eigenvalue weighted by atomic mass is 16.2. The molecule has 1 aliphatic carbocycles. The van der Waals surface area contributed by atoms with Crippen molar-refractivity contribution in [2.75, 3.05) is 16.8 Å². The molecular weight excluding hydrogens is 348 g/mol. The van der Waals surface area contributed by atoms with E-state index in [2.05, 4.69) is 5.32 Å². The third kappa shape index (κ3) is 3.15. The molecule has 1 heterocycles. The second kappa shape index (κ2) is 6.79. The van der Waals surface area contributed by atoms with Gasteiger partial charge in [-0.3, -0.25) is 9.59 Å². The zero-order valence-electron chi connectivity index (χ0n) is 15.7. The van der Waals surface area contributed by atoms with Crippen LogP contribution in [0.2, 0.25) is 0 Å². The lowest BCUT2D eigenvalue weighted by Crippen LogP contribution is -2.36. The second-order valence-corrected chi connectivity index (χ2v) is 7.73. The zero-order chi connectivity index (χ0) is 19.1. The minimum Gasteiger partial charge on any atom is -0.322 e. The molecule has 1 fully saturated rings. The zero-order valence-corrected chi connectivity index (χ0v) is 15.7. The standard InChI is InChI=1S/C24H22N2O2/c27-23(20-10-7-16-4-1-2-5-18(16)14-20)25-21-11-12-22-19(15-21)6-3-13-26(22)24(28)17-8-9-17/h1-2,4-5,7,10-12,14-15,17H,3,6,8-9,13H2,(H,25,27). The lowest BCUT2D eigenvalue weighted by molar-refractivity contribution is -0.119. The number of carbonyl (C=O) groups excluding carboxylic acids is 2. The van der Waals surface area contributed by atoms with Gasteiger partial charge < -0.3 is 10.2 Å². The molecule has 0 atom stereocenters. The van der Waals surface area contributed by atoms with Gasteiger partial charge in [0.25, 0.3) is 5.91 Å². The first-order chi connectivity index (χ1) is 13.7. The Hall–Kier alpha value is -3.14. The molecule has 0 bridgehead atoms. The van der Waals surface area contributed by atoms with Gasteiger partial charge in [0.1, 0.15) is 0 Å². The smallest absolute Gasteiger partial charge is 0.255 e. The molecule has 140 valence electrons. The van der Waals surface area contributed by atoms with Crippen LogP contribution in [-0.4, -0.2) is 18.4 Å². The van der Waals surface area contributed by atoms with Gasteiger partial charge in [-0.15, -0.1) is 0 Å². The maximum absolute atomic E-state index is 12.7. The van der Waals surface area contributed by atoms with Crippen molar-refractivity contribution < 1.29 is 9.59 Å². The normalized spacial score (nSPS) is 15.9. The minimum atomic E-state index is -0.118. The van der Waals surface area contributed by atoms with E-state index in [0.29, 0.717) is 5.56 Å². The van der Waals surface area contributed by atoms with Crippen LogP contribution in [0.5, 0.6) is 0 Å². The highest BCUT2D eigenvalue weighted by molar-refractivity contribution is 6.06. The molecule has 0 radical (unpaired) electrons. The van der Waals surface area contributed by atoms with Gasteiger partial charge in [0.15, 0.2) is 0 Å². The molecule has 3 aromatic rings. The van der Waals surface area contributed by atoms with E-state index in [0.717, 1.165) is 59.9 Å². The molecule has 0 saturated heterocycles. The number of carbonyl (C=O) groups is 2. The molecule has 2 aliphatic rings. The summed E-state index contributed by atoms with van der Waals surface area (Å²) in [7, 11) is 0. The van der Waals surface area contributed by atoms with E-state index in [-0.39, 0.29) is 17.7 Å². The number of rotatable bonds is 3. The number of hydrogen-bond donors (Lipinski definition) is 1. The van der Waals surface area contributed by atoms with Gasteiger partial charge in [-0.05, 0) is 72.4 Å². The summed E-state index contributed by atoms with van der Waals surface area (Å²) in [6.07, 6.45) is 3.94. The quantitative estimate of drug-likeness (QED) is 0.721. The summed E-state index contributed by atoms with van der Waals surface area (Å²) in [6, 6.07) is 19.6. The lowest BCUT2D eigenvalue weighted by Gasteiger charge is -2.30. The number of nitrogens with one attached hydrogen (secondary N) is 1. The SMILES string of the molecule is O=C(Nc1ccc2c(c1)CCCN2C(=O)C1CC1)c1ccc2ccccc2c1. The van der Waals surface area contributed by atoms with Gasteiger partial charge in [0, 0.05) is 29.4 Å². The number of fused-ring (bicyclic) bond motifs is 2. The van der Waals surface area contributed by atoms with Crippen molar-refractivity contribution in [3.8, 4) is 0 Å². The van der Waals surface area contributed by atoms with Crippen molar-refractivity contribution in [3.05, 3.63) is 71.8 Å². The van der Waals surface area contributed by atoms with Crippen LogP contribution >= 0.6 is 0 Å². The first-order valence-electron chi connectivity index (χ1n) is 9.93. The van der Waals surface area contributed by atoms with Gasteiger partial charge in [-0.25, -0.2) is 0 Å². The van der Waals surface area contributed by atoms with E-state index < -0.39 is 0 Å². The van der Waals surface area contributed by atoms with Crippen molar-refractivity contribution in [1.29, 1.82) is 0 Å². The molecule has 4 nitrogen and oxygen atoms in total. The van der Waals surface area contributed by atoms with Gasteiger partial charge in [0.05, 0.1) is 0 Å². The Morgan fingerprint density at radius 2 is 1.75 bits per heavy atom. The van der Waals surface area contributed by atoms with Gasteiger partial charge in [-0.1, -0.05) is 30.3 Å². The first kappa shape index (κ1) is 17.0. The van der Waals surface area contributed by atoms with Crippen LogP contribution in [0.3, 0.4) is 0 Å². The van der Waals surface area contributed by atoms with Crippen LogP contribution in [-0.2, 0) is 11.2 Å². The molecule has 1 aliphatic heterocycles. The molecule has 4 heteroatoms. The van der Waals surface area contributed by atoms with Crippen molar-refractivity contribution in [1.82, 2.24) is 0 Å². The van der Waals surface area contributed by atoms with Gasteiger partial charge >= 0.3 is 0 Å². The molecule has 0 spiro atoms. The monoisotopic (exact) mass is 370 g/mol.